The highest BCUT2D eigenvalue weighted by Crippen LogP contribution is 2.10. The highest BCUT2D eigenvalue weighted by molar-refractivity contribution is 5.69. The fourth-order valence-electron chi connectivity index (χ4n) is 1.72. The van der Waals surface area contributed by atoms with E-state index in [9.17, 15) is 4.79 Å². The van der Waals surface area contributed by atoms with Crippen LogP contribution in [0.4, 0.5) is 0 Å². The molecule has 1 saturated heterocycles. The summed E-state index contributed by atoms with van der Waals surface area (Å²) in [6.45, 7) is 4.20. The molecule has 76 valence electrons. The van der Waals surface area contributed by atoms with Crippen LogP contribution >= 0.6 is 0 Å². The Hall–Kier alpha value is -0.610. The molecule has 2 unspecified atom stereocenters. The number of hydrogen-bond acceptors (Lipinski definition) is 3. The molecule has 4 nitrogen and oxygen atoms in total. The molecule has 0 aromatic carbocycles. The van der Waals surface area contributed by atoms with Crippen molar-refractivity contribution in [3.8, 4) is 0 Å². The minimum atomic E-state index is -0.723. The third-order valence-electron chi connectivity index (χ3n) is 2.50. The monoisotopic (exact) mass is 186 g/mol. The van der Waals surface area contributed by atoms with E-state index in [-0.39, 0.29) is 12.0 Å². The van der Waals surface area contributed by atoms with E-state index < -0.39 is 5.97 Å². The Balaban J connectivity index is 2.31. The van der Waals surface area contributed by atoms with Crippen molar-refractivity contribution in [3.05, 3.63) is 0 Å². The van der Waals surface area contributed by atoms with Gasteiger partial charge in [-0.3, -0.25) is 4.79 Å². The zero-order valence-corrected chi connectivity index (χ0v) is 8.07. The largest absolute Gasteiger partial charge is 0.481 e. The molecule has 0 amide bonds. The van der Waals surface area contributed by atoms with Gasteiger partial charge in [0.15, 0.2) is 0 Å². The van der Waals surface area contributed by atoms with Gasteiger partial charge in [-0.15, -0.1) is 0 Å². The van der Waals surface area contributed by atoms with Crippen LogP contribution in [0.1, 0.15) is 19.8 Å². The van der Waals surface area contributed by atoms with Crippen LogP contribution in [0.15, 0.2) is 0 Å². The molecule has 13 heavy (non-hydrogen) atoms. The number of carboxylic acids is 1. The fourth-order valence-corrected chi connectivity index (χ4v) is 1.72. The molecular weight excluding hydrogens is 168 g/mol. The Labute approximate surface area is 78.7 Å². The Kier molecular flexibility index (Phi) is 3.69. The predicted molar refractivity (Wildman–Crippen MR) is 50.4 cm³/mol. The van der Waals surface area contributed by atoms with E-state index in [1.54, 1.807) is 6.92 Å². The van der Waals surface area contributed by atoms with Crippen molar-refractivity contribution in [1.82, 2.24) is 4.90 Å². The second kappa shape index (κ2) is 4.58. The van der Waals surface area contributed by atoms with Crippen molar-refractivity contribution in [2.45, 2.75) is 25.8 Å². The zero-order valence-electron chi connectivity index (χ0n) is 8.07. The lowest BCUT2D eigenvalue weighted by Crippen LogP contribution is -2.45. The first-order valence-electron chi connectivity index (χ1n) is 4.80. The first-order chi connectivity index (χ1) is 6.09. The molecule has 4 heteroatoms. The van der Waals surface area contributed by atoms with Crippen molar-refractivity contribution in [2.24, 2.45) is 11.7 Å². The Morgan fingerprint density at radius 1 is 1.77 bits per heavy atom. The molecule has 2 atom stereocenters. The number of nitrogens with zero attached hydrogens (tertiary/aromatic N) is 1. The molecule has 0 bridgehead atoms. The average molecular weight is 186 g/mol. The van der Waals surface area contributed by atoms with Gasteiger partial charge in [-0.2, -0.15) is 0 Å². The highest BCUT2D eigenvalue weighted by Gasteiger charge is 2.20. The van der Waals surface area contributed by atoms with E-state index in [1.165, 1.54) is 0 Å². The van der Waals surface area contributed by atoms with Gasteiger partial charge in [0, 0.05) is 19.1 Å². The molecule has 0 spiro atoms. The number of rotatable bonds is 3. The second-order valence-electron chi connectivity index (χ2n) is 3.90. The fraction of sp³-hybridized carbons (Fsp3) is 0.889. The molecule has 0 saturated carbocycles. The summed E-state index contributed by atoms with van der Waals surface area (Å²) in [5, 5.41) is 8.72. The highest BCUT2D eigenvalue weighted by atomic mass is 16.4. The Morgan fingerprint density at radius 3 is 3.00 bits per heavy atom. The van der Waals surface area contributed by atoms with Crippen LogP contribution in [0.3, 0.4) is 0 Å². The van der Waals surface area contributed by atoms with E-state index in [2.05, 4.69) is 4.90 Å². The Bertz CT molecular complexity index is 184. The molecule has 1 rings (SSSR count). The number of aliphatic carboxylic acids is 1. The lowest BCUT2D eigenvalue weighted by atomic mass is 10.0. The predicted octanol–water partition coefficient (Wildman–Crippen LogP) is 0.130. The summed E-state index contributed by atoms with van der Waals surface area (Å²) in [5.41, 5.74) is 5.79. The smallest absolute Gasteiger partial charge is 0.307 e. The molecule has 0 aromatic heterocycles. The van der Waals surface area contributed by atoms with Gasteiger partial charge in [-0.05, 0) is 19.4 Å². The van der Waals surface area contributed by atoms with Crippen LogP contribution < -0.4 is 5.73 Å². The number of carboxylic acid groups (broad SMARTS) is 1. The number of hydrogen-bond donors (Lipinski definition) is 2. The van der Waals surface area contributed by atoms with Crippen LogP contribution in [0.5, 0.6) is 0 Å². The Morgan fingerprint density at radius 2 is 2.46 bits per heavy atom. The summed E-state index contributed by atoms with van der Waals surface area (Å²) in [4.78, 5) is 12.7. The summed E-state index contributed by atoms with van der Waals surface area (Å²) >= 11 is 0. The maximum absolute atomic E-state index is 10.6. The first-order valence-corrected chi connectivity index (χ1v) is 4.80. The summed E-state index contributed by atoms with van der Waals surface area (Å²) in [7, 11) is 0. The van der Waals surface area contributed by atoms with Gasteiger partial charge in [0.2, 0.25) is 0 Å². The van der Waals surface area contributed by atoms with Gasteiger partial charge in [-0.1, -0.05) is 6.92 Å². The SMILES string of the molecule is CC(CN1CCCC(N)C1)C(=O)O. The van der Waals surface area contributed by atoms with Crippen molar-refractivity contribution >= 4 is 5.97 Å². The van der Waals surface area contributed by atoms with Crippen LogP contribution in [0.2, 0.25) is 0 Å². The summed E-state index contributed by atoms with van der Waals surface area (Å²) < 4.78 is 0. The van der Waals surface area contributed by atoms with Gasteiger partial charge in [0.1, 0.15) is 0 Å². The van der Waals surface area contributed by atoms with Crippen molar-refractivity contribution < 1.29 is 9.90 Å². The minimum Gasteiger partial charge on any atom is -0.481 e. The maximum Gasteiger partial charge on any atom is 0.307 e. The standard InChI is InChI=1S/C9H18N2O2/c1-7(9(12)13)5-11-4-2-3-8(10)6-11/h7-8H,2-6,10H2,1H3,(H,12,13). The minimum absolute atomic E-state index is 0.231. The van der Waals surface area contributed by atoms with E-state index in [1.807, 2.05) is 0 Å². The molecule has 1 fully saturated rings. The van der Waals surface area contributed by atoms with Crippen LogP contribution in [-0.2, 0) is 4.79 Å². The van der Waals surface area contributed by atoms with Gasteiger partial charge >= 0.3 is 5.97 Å². The molecule has 1 aliphatic rings. The first kappa shape index (κ1) is 10.5. The van der Waals surface area contributed by atoms with Crippen molar-refractivity contribution in [2.75, 3.05) is 19.6 Å². The van der Waals surface area contributed by atoms with Crippen molar-refractivity contribution in [1.29, 1.82) is 0 Å². The molecule has 3 N–H and O–H groups in total. The van der Waals surface area contributed by atoms with E-state index >= 15 is 0 Å². The van der Waals surface area contributed by atoms with Gasteiger partial charge in [-0.25, -0.2) is 0 Å². The number of carbonyl (C=O) groups is 1. The second-order valence-corrected chi connectivity index (χ2v) is 3.90. The molecule has 0 radical (unpaired) electrons. The van der Waals surface area contributed by atoms with E-state index in [0.717, 1.165) is 25.9 Å². The van der Waals surface area contributed by atoms with Crippen LogP contribution in [0.25, 0.3) is 0 Å². The van der Waals surface area contributed by atoms with Crippen LogP contribution in [-0.4, -0.2) is 41.7 Å². The lowest BCUT2D eigenvalue weighted by molar-refractivity contribution is -0.141. The van der Waals surface area contributed by atoms with Crippen LogP contribution in [0, 0.1) is 5.92 Å². The molecule has 1 aliphatic heterocycles. The lowest BCUT2D eigenvalue weighted by Gasteiger charge is -2.31. The van der Waals surface area contributed by atoms with E-state index in [0.29, 0.717) is 6.54 Å². The summed E-state index contributed by atoms with van der Waals surface area (Å²) in [6, 6.07) is 0.231. The quantitative estimate of drug-likeness (QED) is 0.657. The van der Waals surface area contributed by atoms with E-state index in [4.69, 9.17) is 10.8 Å². The van der Waals surface area contributed by atoms with Gasteiger partial charge in [0.05, 0.1) is 5.92 Å². The third kappa shape index (κ3) is 3.32. The number of piperidine rings is 1. The third-order valence-corrected chi connectivity index (χ3v) is 2.50. The van der Waals surface area contributed by atoms with Gasteiger partial charge in [0.25, 0.3) is 0 Å². The van der Waals surface area contributed by atoms with Crippen molar-refractivity contribution in [3.63, 3.8) is 0 Å². The average Bonchev–Trinajstić information content (AvgIpc) is 2.04. The molecule has 0 aliphatic carbocycles. The summed E-state index contributed by atoms with van der Waals surface area (Å²) in [5.74, 6) is -1.01. The number of likely N-dealkylation sites (tertiary alicyclic amines) is 1. The summed E-state index contributed by atoms with van der Waals surface area (Å²) in [6.07, 6.45) is 2.16. The topological polar surface area (TPSA) is 66.6 Å². The molecule has 0 aromatic rings. The molecular formula is C9H18N2O2. The maximum atomic E-state index is 10.6. The zero-order chi connectivity index (χ0) is 9.84. The number of nitrogens with two attached hydrogens (primary N) is 1. The van der Waals surface area contributed by atoms with Gasteiger partial charge < -0.3 is 15.7 Å². The molecule has 1 heterocycles. The normalized spacial score (nSPS) is 27.1.